The van der Waals surface area contributed by atoms with Crippen LogP contribution in [-0.4, -0.2) is 22.2 Å². The van der Waals surface area contributed by atoms with Crippen LogP contribution < -0.4 is 0 Å². The maximum atomic E-state index is 11.4. The Labute approximate surface area is 98.9 Å². The molecule has 1 aromatic rings. The molecular formula is C13H14O4. The fourth-order valence-corrected chi connectivity index (χ4v) is 2.50. The molecule has 4 heteroatoms. The monoisotopic (exact) mass is 234 g/mol. The van der Waals surface area contributed by atoms with Crippen molar-refractivity contribution in [2.45, 2.75) is 25.7 Å². The highest BCUT2D eigenvalue weighted by molar-refractivity contribution is 5.82. The van der Waals surface area contributed by atoms with Crippen LogP contribution in [0, 0.1) is 5.41 Å². The third-order valence-corrected chi connectivity index (χ3v) is 3.46. The van der Waals surface area contributed by atoms with Gasteiger partial charge in [0.2, 0.25) is 0 Å². The maximum Gasteiger partial charge on any atom is 0.310 e. The van der Waals surface area contributed by atoms with Crippen molar-refractivity contribution in [2.24, 2.45) is 5.41 Å². The topological polar surface area (TPSA) is 74.6 Å². The Balaban J connectivity index is 2.34. The van der Waals surface area contributed by atoms with Crippen LogP contribution in [0.25, 0.3) is 0 Å². The summed E-state index contributed by atoms with van der Waals surface area (Å²) in [6.07, 6.45) is 1.03. The third-order valence-electron chi connectivity index (χ3n) is 3.46. The first-order valence-corrected chi connectivity index (χ1v) is 5.55. The minimum Gasteiger partial charge on any atom is -0.481 e. The highest BCUT2D eigenvalue weighted by Crippen LogP contribution is 2.38. The van der Waals surface area contributed by atoms with Crippen molar-refractivity contribution in [3.8, 4) is 0 Å². The molecule has 0 aromatic heterocycles. The van der Waals surface area contributed by atoms with Crippen molar-refractivity contribution in [1.82, 2.24) is 0 Å². The molecule has 0 heterocycles. The van der Waals surface area contributed by atoms with Crippen LogP contribution in [-0.2, 0) is 22.4 Å². The van der Waals surface area contributed by atoms with E-state index in [1.54, 1.807) is 0 Å². The van der Waals surface area contributed by atoms with Gasteiger partial charge in [0.15, 0.2) is 0 Å². The molecule has 0 saturated carbocycles. The van der Waals surface area contributed by atoms with E-state index >= 15 is 0 Å². The molecule has 1 aliphatic rings. The van der Waals surface area contributed by atoms with Crippen molar-refractivity contribution in [3.63, 3.8) is 0 Å². The summed E-state index contributed by atoms with van der Waals surface area (Å²) >= 11 is 0. The van der Waals surface area contributed by atoms with Crippen LogP contribution in [0.2, 0.25) is 0 Å². The van der Waals surface area contributed by atoms with Gasteiger partial charge in [-0.3, -0.25) is 9.59 Å². The molecule has 0 aliphatic heterocycles. The number of aliphatic carboxylic acids is 2. The molecule has 2 rings (SSSR count). The van der Waals surface area contributed by atoms with Gasteiger partial charge in [-0.1, -0.05) is 24.3 Å². The molecule has 1 aliphatic carbocycles. The Bertz CT molecular complexity index is 466. The van der Waals surface area contributed by atoms with E-state index in [9.17, 15) is 14.7 Å². The van der Waals surface area contributed by atoms with Gasteiger partial charge in [-0.05, 0) is 30.4 Å². The Morgan fingerprint density at radius 2 is 1.82 bits per heavy atom. The molecule has 0 fully saturated rings. The molecule has 1 aromatic carbocycles. The lowest BCUT2D eigenvalue weighted by molar-refractivity contribution is -0.156. The summed E-state index contributed by atoms with van der Waals surface area (Å²) in [6, 6.07) is 7.64. The largest absolute Gasteiger partial charge is 0.481 e. The minimum absolute atomic E-state index is 0.309. The number of carbonyl (C=O) groups is 2. The predicted molar refractivity (Wildman–Crippen MR) is 60.8 cm³/mol. The molecule has 1 unspecified atom stereocenters. The smallest absolute Gasteiger partial charge is 0.310 e. The number of carboxylic acid groups (broad SMARTS) is 2. The molecule has 4 nitrogen and oxygen atoms in total. The third kappa shape index (κ3) is 2.16. The molecule has 2 N–H and O–H groups in total. The van der Waals surface area contributed by atoms with Crippen molar-refractivity contribution in [1.29, 1.82) is 0 Å². The van der Waals surface area contributed by atoms with E-state index < -0.39 is 17.4 Å². The van der Waals surface area contributed by atoms with Crippen molar-refractivity contribution in [2.75, 3.05) is 0 Å². The van der Waals surface area contributed by atoms with E-state index in [2.05, 4.69) is 0 Å². The number of benzene rings is 1. The summed E-state index contributed by atoms with van der Waals surface area (Å²) in [7, 11) is 0. The van der Waals surface area contributed by atoms with Crippen LogP contribution in [0.5, 0.6) is 0 Å². The second-order valence-electron chi connectivity index (χ2n) is 4.60. The molecule has 0 amide bonds. The number of rotatable bonds is 3. The van der Waals surface area contributed by atoms with Crippen LogP contribution in [0.3, 0.4) is 0 Å². The van der Waals surface area contributed by atoms with Crippen molar-refractivity contribution in [3.05, 3.63) is 35.4 Å². The number of hydrogen-bond donors (Lipinski definition) is 2. The lowest BCUT2D eigenvalue weighted by Crippen LogP contribution is -2.39. The van der Waals surface area contributed by atoms with Crippen LogP contribution in [0.4, 0.5) is 0 Å². The number of fused-ring (bicyclic) bond motifs is 1. The normalized spacial score (nSPS) is 22.8. The number of aryl methyl sites for hydroxylation is 1. The summed E-state index contributed by atoms with van der Waals surface area (Å²) in [5.41, 5.74) is 0.956. The lowest BCUT2D eigenvalue weighted by atomic mass is 9.69. The SMILES string of the molecule is O=C(O)CC1(C(=O)O)CCc2ccccc2C1. The summed E-state index contributed by atoms with van der Waals surface area (Å²) in [5.74, 6) is -2.05. The zero-order valence-electron chi connectivity index (χ0n) is 9.35. The van der Waals surface area contributed by atoms with Crippen LogP contribution in [0.1, 0.15) is 24.0 Å². The Morgan fingerprint density at radius 3 is 2.41 bits per heavy atom. The van der Waals surface area contributed by atoms with Gasteiger partial charge in [0.25, 0.3) is 0 Å². The minimum atomic E-state index is -1.14. The fourth-order valence-electron chi connectivity index (χ4n) is 2.50. The highest BCUT2D eigenvalue weighted by atomic mass is 16.4. The highest BCUT2D eigenvalue weighted by Gasteiger charge is 2.43. The predicted octanol–water partition coefficient (Wildman–Crippen LogP) is 1.72. The number of carboxylic acids is 2. The first kappa shape index (κ1) is 11.6. The average molecular weight is 234 g/mol. The summed E-state index contributed by atoms with van der Waals surface area (Å²) < 4.78 is 0. The summed E-state index contributed by atoms with van der Waals surface area (Å²) in [6.45, 7) is 0. The van der Waals surface area contributed by atoms with Gasteiger partial charge in [0, 0.05) is 0 Å². The average Bonchev–Trinajstić information content (AvgIpc) is 2.27. The lowest BCUT2D eigenvalue weighted by Gasteiger charge is -2.33. The molecule has 1 atom stereocenters. The molecule has 0 radical (unpaired) electrons. The zero-order valence-corrected chi connectivity index (χ0v) is 9.35. The molecule has 0 bridgehead atoms. The van der Waals surface area contributed by atoms with Gasteiger partial charge in [-0.2, -0.15) is 0 Å². The Kier molecular flexibility index (Phi) is 2.88. The van der Waals surface area contributed by atoms with E-state index in [1.807, 2.05) is 24.3 Å². The first-order valence-electron chi connectivity index (χ1n) is 5.55. The summed E-state index contributed by atoms with van der Waals surface area (Å²) in [5, 5.41) is 18.2. The van der Waals surface area contributed by atoms with E-state index in [1.165, 1.54) is 0 Å². The van der Waals surface area contributed by atoms with E-state index in [0.29, 0.717) is 19.3 Å². The molecule has 17 heavy (non-hydrogen) atoms. The standard InChI is InChI=1S/C13H14O4/c14-11(15)8-13(12(16)17)6-5-9-3-1-2-4-10(9)7-13/h1-4H,5-8H2,(H,14,15)(H,16,17). The maximum absolute atomic E-state index is 11.4. The second-order valence-corrected chi connectivity index (χ2v) is 4.60. The quantitative estimate of drug-likeness (QED) is 0.835. The van der Waals surface area contributed by atoms with Gasteiger partial charge in [-0.15, -0.1) is 0 Å². The van der Waals surface area contributed by atoms with Crippen molar-refractivity contribution < 1.29 is 19.8 Å². The van der Waals surface area contributed by atoms with Crippen LogP contribution in [0.15, 0.2) is 24.3 Å². The molecule has 0 spiro atoms. The van der Waals surface area contributed by atoms with E-state index in [4.69, 9.17) is 5.11 Å². The molecular weight excluding hydrogens is 220 g/mol. The Hall–Kier alpha value is -1.84. The van der Waals surface area contributed by atoms with Gasteiger partial charge >= 0.3 is 11.9 Å². The van der Waals surface area contributed by atoms with Crippen LogP contribution >= 0.6 is 0 Å². The molecule has 0 saturated heterocycles. The Morgan fingerprint density at radius 1 is 1.18 bits per heavy atom. The zero-order chi connectivity index (χ0) is 12.5. The second kappa shape index (κ2) is 4.20. The number of hydrogen-bond acceptors (Lipinski definition) is 2. The van der Waals surface area contributed by atoms with Gasteiger partial charge in [0.05, 0.1) is 11.8 Å². The van der Waals surface area contributed by atoms with E-state index in [0.717, 1.165) is 11.1 Å². The first-order chi connectivity index (χ1) is 8.03. The fraction of sp³-hybridized carbons (Fsp3) is 0.385. The van der Waals surface area contributed by atoms with Gasteiger partial charge in [-0.25, -0.2) is 0 Å². The van der Waals surface area contributed by atoms with Crippen molar-refractivity contribution >= 4 is 11.9 Å². The van der Waals surface area contributed by atoms with Gasteiger partial charge in [0.1, 0.15) is 0 Å². The molecule has 90 valence electrons. The summed E-state index contributed by atoms with van der Waals surface area (Å²) in [4.78, 5) is 22.2. The van der Waals surface area contributed by atoms with Gasteiger partial charge < -0.3 is 10.2 Å². The van der Waals surface area contributed by atoms with E-state index in [-0.39, 0.29) is 6.42 Å².